The molecular weight excluding hydrogens is 363 g/mol. The van der Waals surface area contributed by atoms with Gasteiger partial charge in [0, 0.05) is 39.3 Å². The van der Waals surface area contributed by atoms with Crippen LogP contribution < -0.4 is 10.6 Å². The molecule has 158 valence electrons. The first-order valence-corrected chi connectivity index (χ1v) is 9.17. The summed E-state index contributed by atoms with van der Waals surface area (Å²) < 4.78 is 42.7. The van der Waals surface area contributed by atoms with E-state index in [4.69, 9.17) is 4.74 Å². The maximum absolute atomic E-state index is 12.5. The number of likely N-dealkylation sites (tertiary alicyclic amines) is 1. The van der Waals surface area contributed by atoms with Gasteiger partial charge in [0.25, 0.3) is 0 Å². The van der Waals surface area contributed by atoms with Crippen LogP contribution in [0.15, 0.2) is 4.99 Å². The summed E-state index contributed by atoms with van der Waals surface area (Å²) in [5, 5.41) is 6.25. The predicted octanol–water partition coefficient (Wildman–Crippen LogP) is 2.04. The standard InChI is InChI=1S/C17H32F3N5O2/c1-6-21-14(22-8-10-24(5)15(26)27-16(2,3)4)23-13-7-9-25(11-13)12-17(18,19)20/h13H,6-12H2,1-5H3,(H2,21,22,23). The van der Waals surface area contributed by atoms with Crippen molar-refractivity contribution in [2.75, 3.05) is 46.3 Å². The lowest BCUT2D eigenvalue weighted by Gasteiger charge is -2.24. The highest BCUT2D eigenvalue weighted by Crippen LogP contribution is 2.19. The highest BCUT2D eigenvalue weighted by atomic mass is 19.4. The molecule has 1 atom stereocenters. The van der Waals surface area contributed by atoms with Gasteiger partial charge in [-0.1, -0.05) is 0 Å². The average molecular weight is 395 g/mol. The number of carbonyl (C=O) groups is 1. The van der Waals surface area contributed by atoms with E-state index in [9.17, 15) is 18.0 Å². The van der Waals surface area contributed by atoms with E-state index in [1.807, 2.05) is 6.92 Å². The molecule has 0 aromatic carbocycles. The maximum Gasteiger partial charge on any atom is 0.410 e. The number of hydrogen-bond acceptors (Lipinski definition) is 4. The van der Waals surface area contributed by atoms with E-state index in [1.54, 1.807) is 27.8 Å². The Balaban J connectivity index is 2.47. The summed E-state index contributed by atoms with van der Waals surface area (Å²) in [6.45, 7) is 8.50. The number of rotatable bonds is 6. The normalized spacial score (nSPS) is 19.1. The number of halogens is 3. The van der Waals surface area contributed by atoms with Gasteiger partial charge >= 0.3 is 12.3 Å². The van der Waals surface area contributed by atoms with Gasteiger partial charge in [0.2, 0.25) is 0 Å². The van der Waals surface area contributed by atoms with Crippen LogP contribution in [0.3, 0.4) is 0 Å². The fourth-order valence-electron chi connectivity index (χ4n) is 2.60. The lowest BCUT2D eigenvalue weighted by atomic mass is 10.2. The summed E-state index contributed by atoms with van der Waals surface area (Å²) in [6.07, 6.45) is -3.98. The second-order valence-electron chi connectivity index (χ2n) is 7.64. The van der Waals surface area contributed by atoms with Crippen molar-refractivity contribution < 1.29 is 22.7 Å². The van der Waals surface area contributed by atoms with Crippen LogP contribution >= 0.6 is 0 Å². The van der Waals surface area contributed by atoms with Crippen LogP contribution in [0.25, 0.3) is 0 Å². The first-order chi connectivity index (χ1) is 12.4. The van der Waals surface area contributed by atoms with E-state index in [0.29, 0.717) is 45.1 Å². The molecule has 1 amide bonds. The molecule has 1 heterocycles. The number of nitrogens with zero attached hydrogens (tertiary/aromatic N) is 3. The van der Waals surface area contributed by atoms with Gasteiger partial charge in [0.05, 0.1) is 13.1 Å². The number of hydrogen-bond donors (Lipinski definition) is 2. The van der Waals surface area contributed by atoms with Crippen molar-refractivity contribution in [3.8, 4) is 0 Å². The molecule has 10 heteroatoms. The number of ether oxygens (including phenoxy) is 1. The Morgan fingerprint density at radius 1 is 1.33 bits per heavy atom. The summed E-state index contributed by atoms with van der Waals surface area (Å²) in [4.78, 5) is 19.1. The molecule has 7 nitrogen and oxygen atoms in total. The van der Waals surface area contributed by atoms with Gasteiger partial charge < -0.3 is 20.3 Å². The average Bonchev–Trinajstić information content (AvgIpc) is 2.90. The third-order valence-electron chi connectivity index (χ3n) is 3.77. The largest absolute Gasteiger partial charge is 0.444 e. The molecule has 1 saturated heterocycles. The van der Waals surface area contributed by atoms with E-state index >= 15 is 0 Å². The quantitative estimate of drug-likeness (QED) is 0.532. The second-order valence-corrected chi connectivity index (χ2v) is 7.64. The molecule has 1 aliphatic rings. The molecule has 1 rings (SSSR count). The van der Waals surface area contributed by atoms with Gasteiger partial charge in [-0.3, -0.25) is 9.89 Å². The van der Waals surface area contributed by atoms with Crippen molar-refractivity contribution in [1.29, 1.82) is 0 Å². The molecule has 0 aromatic heterocycles. The van der Waals surface area contributed by atoms with E-state index in [0.717, 1.165) is 0 Å². The van der Waals surface area contributed by atoms with Gasteiger partial charge in [0.15, 0.2) is 5.96 Å². The Morgan fingerprint density at radius 3 is 2.56 bits per heavy atom. The monoisotopic (exact) mass is 395 g/mol. The van der Waals surface area contributed by atoms with Gasteiger partial charge in [-0.15, -0.1) is 0 Å². The number of aliphatic imine (C=N–C) groups is 1. The Bertz CT molecular complexity index is 506. The molecule has 0 bridgehead atoms. The molecule has 0 spiro atoms. The Morgan fingerprint density at radius 2 is 2.00 bits per heavy atom. The summed E-state index contributed by atoms with van der Waals surface area (Å²) in [5.41, 5.74) is -0.560. The Labute approximate surface area is 159 Å². The summed E-state index contributed by atoms with van der Waals surface area (Å²) >= 11 is 0. The summed E-state index contributed by atoms with van der Waals surface area (Å²) in [7, 11) is 1.63. The zero-order valence-electron chi connectivity index (χ0n) is 16.8. The minimum absolute atomic E-state index is 0.0891. The molecular formula is C17H32F3N5O2. The zero-order valence-corrected chi connectivity index (χ0v) is 16.8. The fourth-order valence-corrected chi connectivity index (χ4v) is 2.60. The molecule has 0 radical (unpaired) electrons. The van der Waals surface area contributed by atoms with Crippen molar-refractivity contribution in [1.82, 2.24) is 20.4 Å². The van der Waals surface area contributed by atoms with Crippen LogP contribution in [0.1, 0.15) is 34.1 Å². The van der Waals surface area contributed by atoms with Gasteiger partial charge in [-0.05, 0) is 34.1 Å². The van der Waals surface area contributed by atoms with E-state index in [-0.39, 0.29) is 6.04 Å². The van der Waals surface area contributed by atoms with Crippen LogP contribution in [-0.2, 0) is 4.74 Å². The third-order valence-corrected chi connectivity index (χ3v) is 3.77. The van der Waals surface area contributed by atoms with Crippen molar-refractivity contribution in [3.05, 3.63) is 0 Å². The number of alkyl halides is 3. The lowest BCUT2D eigenvalue weighted by molar-refractivity contribution is -0.143. The van der Waals surface area contributed by atoms with E-state index in [1.165, 1.54) is 9.80 Å². The second kappa shape index (κ2) is 10.0. The van der Waals surface area contributed by atoms with E-state index < -0.39 is 24.4 Å². The van der Waals surface area contributed by atoms with Gasteiger partial charge in [0.1, 0.15) is 5.60 Å². The number of carbonyl (C=O) groups excluding carboxylic acids is 1. The smallest absolute Gasteiger partial charge is 0.410 e. The Hall–Kier alpha value is -1.71. The third kappa shape index (κ3) is 10.3. The van der Waals surface area contributed by atoms with Crippen molar-refractivity contribution >= 4 is 12.1 Å². The molecule has 0 aromatic rings. The minimum Gasteiger partial charge on any atom is -0.444 e. The number of guanidine groups is 1. The van der Waals surface area contributed by atoms with Crippen LogP contribution in [0.4, 0.5) is 18.0 Å². The predicted molar refractivity (Wildman–Crippen MR) is 98.9 cm³/mol. The molecule has 2 N–H and O–H groups in total. The molecule has 1 fully saturated rings. The van der Waals surface area contributed by atoms with Crippen LogP contribution in [0, 0.1) is 0 Å². The van der Waals surface area contributed by atoms with Crippen LogP contribution in [0.5, 0.6) is 0 Å². The molecule has 1 unspecified atom stereocenters. The number of nitrogens with one attached hydrogen (secondary N) is 2. The summed E-state index contributed by atoms with van der Waals surface area (Å²) in [6, 6.07) is -0.0891. The number of likely N-dealkylation sites (N-methyl/N-ethyl adjacent to an activating group) is 1. The highest BCUT2D eigenvalue weighted by Gasteiger charge is 2.34. The van der Waals surface area contributed by atoms with Crippen LogP contribution in [-0.4, -0.2) is 86.0 Å². The zero-order chi connectivity index (χ0) is 20.7. The Kier molecular flexibility index (Phi) is 8.64. The molecule has 0 aliphatic carbocycles. The maximum atomic E-state index is 12.5. The van der Waals surface area contributed by atoms with Crippen LogP contribution in [0.2, 0.25) is 0 Å². The first kappa shape index (κ1) is 23.3. The molecule has 0 saturated carbocycles. The van der Waals surface area contributed by atoms with Crippen molar-refractivity contribution in [2.45, 2.75) is 51.9 Å². The highest BCUT2D eigenvalue weighted by molar-refractivity contribution is 5.80. The van der Waals surface area contributed by atoms with Crippen molar-refractivity contribution in [3.63, 3.8) is 0 Å². The molecule has 1 aliphatic heterocycles. The fraction of sp³-hybridized carbons (Fsp3) is 0.882. The first-order valence-electron chi connectivity index (χ1n) is 9.17. The topological polar surface area (TPSA) is 69.2 Å². The van der Waals surface area contributed by atoms with E-state index in [2.05, 4.69) is 15.6 Å². The number of amides is 1. The van der Waals surface area contributed by atoms with Crippen molar-refractivity contribution in [2.24, 2.45) is 4.99 Å². The molecule has 27 heavy (non-hydrogen) atoms. The van der Waals surface area contributed by atoms with Gasteiger partial charge in [-0.25, -0.2) is 4.79 Å². The lowest BCUT2D eigenvalue weighted by Crippen LogP contribution is -2.45. The van der Waals surface area contributed by atoms with Gasteiger partial charge in [-0.2, -0.15) is 13.2 Å². The minimum atomic E-state index is -4.18. The SMILES string of the molecule is CCNC(=NCCN(C)C(=O)OC(C)(C)C)NC1CCN(CC(F)(F)F)C1. The summed E-state index contributed by atoms with van der Waals surface area (Å²) in [5.74, 6) is 0.536.